The third kappa shape index (κ3) is 2.94. The quantitative estimate of drug-likeness (QED) is 0.666. The van der Waals surface area contributed by atoms with E-state index in [1.54, 1.807) is 0 Å². The summed E-state index contributed by atoms with van der Waals surface area (Å²) in [6.07, 6.45) is 5.13. The number of carbonyl (C=O) groups excluding carboxylic acids is 2. The number of hydrogen-bond donors (Lipinski definition) is 0. The fourth-order valence-corrected chi connectivity index (χ4v) is 2.80. The van der Waals surface area contributed by atoms with Crippen LogP contribution in [0.3, 0.4) is 0 Å². The number of ether oxygens (including phenoxy) is 1. The molecule has 0 unspecified atom stereocenters. The molecule has 2 fully saturated rings. The molecule has 0 bridgehead atoms. The molecule has 2 amide bonds. The van der Waals surface area contributed by atoms with Crippen LogP contribution in [0.5, 0.6) is 0 Å². The maximum atomic E-state index is 12.3. The molecule has 2 aliphatic rings. The van der Waals surface area contributed by atoms with E-state index in [-0.39, 0.29) is 17.9 Å². The Morgan fingerprint density at radius 1 is 1.00 bits per heavy atom. The highest BCUT2D eigenvalue weighted by atomic mass is 16.5. The average Bonchev–Trinajstić information content (AvgIpc) is 2.46. The molecule has 5 heteroatoms. The van der Waals surface area contributed by atoms with Gasteiger partial charge in [-0.05, 0) is 32.1 Å². The molecule has 0 spiro atoms. The highest BCUT2D eigenvalue weighted by Crippen LogP contribution is 2.20. The Labute approximate surface area is 108 Å². The molecule has 0 aliphatic carbocycles. The van der Waals surface area contributed by atoms with Gasteiger partial charge in [0, 0.05) is 26.2 Å². The summed E-state index contributed by atoms with van der Waals surface area (Å²) >= 11 is 0. The van der Waals surface area contributed by atoms with Crippen LogP contribution in [0.2, 0.25) is 0 Å². The predicted octanol–water partition coefficient (Wildman–Crippen LogP) is 1.48. The van der Waals surface area contributed by atoms with Crippen LogP contribution in [-0.2, 0) is 9.53 Å². The van der Waals surface area contributed by atoms with Gasteiger partial charge in [-0.1, -0.05) is 0 Å². The monoisotopic (exact) mass is 254 g/mol. The molecule has 0 saturated carbocycles. The summed E-state index contributed by atoms with van der Waals surface area (Å²) in [5, 5.41) is 0. The molecule has 1 atom stereocenters. The van der Waals surface area contributed by atoms with Gasteiger partial charge in [0.25, 0.3) is 0 Å². The zero-order chi connectivity index (χ0) is 13.0. The molecule has 0 aromatic rings. The molecule has 2 rings (SSSR count). The number of methoxy groups -OCH3 is 1. The number of rotatable bonds is 1. The Hall–Kier alpha value is -1.26. The van der Waals surface area contributed by atoms with Crippen molar-refractivity contribution in [2.45, 2.75) is 32.1 Å². The van der Waals surface area contributed by atoms with Crippen LogP contribution in [0.1, 0.15) is 32.1 Å². The standard InChI is InChI=1S/C13H22N2O3/c1-18-12(16)11-6-5-9-15(10-11)13(17)14-7-3-2-4-8-14/h11H,2-10H2,1H3/t11-/m0/s1. The molecule has 2 aliphatic heterocycles. The lowest BCUT2D eigenvalue weighted by Gasteiger charge is -2.36. The van der Waals surface area contributed by atoms with Crippen LogP contribution in [-0.4, -0.2) is 55.1 Å². The molecule has 0 aromatic carbocycles. The van der Waals surface area contributed by atoms with Crippen LogP contribution in [0, 0.1) is 5.92 Å². The molecule has 0 N–H and O–H groups in total. The summed E-state index contributed by atoms with van der Waals surface area (Å²) in [7, 11) is 1.41. The minimum absolute atomic E-state index is 0.100. The summed E-state index contributed by atoms with van der Waals surface area (Å²) in [5.41, 5.74) is 0. The first-order valence-electron chi connectivity index (χ1n) is 6.84. The first-order chi connectivity index (χ1) is 8.72. The predicted molar refractivity (Wildman–Crippen MR) is 67.1 cm³/mol. The van der Waals surface area contributed by atoms with Gasteiger partial charge in [-0.15, -0.1) is 0 Å². The Morgan fingerprint density at radius 2 is 1.67 bits per heavy atom. The number of esters is 1. The second kappa shape index (κ2) is 6.07. The lowest BCUT2D eigenvalue weighted by atomic mass is 9.98. The fourth-order valence-electron chi connectivity index (χ4n) is 2.80. The van der Waals surface area contributed by atoms with Crippen molar-refractivity contribution in [3.05, 3.63) is 0 Å². The third-order valence-corrected chi connectivity index (χ3v) is 3.85. The van der Waals surface area contributed by atoms with E-state index in [0.29, 0.717) is 6.54 Å². The number of piperidine rings is 2. The Kier molecular flexibility index (Phi) is 4.44. The van der Waals surface area contributed by atoms with Crippen molar-refractivity contribution in [3.8, 4) is 0 Å². The number of nitrogens with zero attached hydrogens (tertiary/aromatic N) is 2. The van der Waals surface area contributed by atoms with Crippen molar-refractivity contribution in [3.63, 3.8) is 0 Å². The highest BCUT2D eigenvalue weighted by Gasteiger charge is 2.31. The lowest BCUT2D eigenvalue weighted by Crippen LogP contribution is -2.50. The van der Waals surface area contributed by atoms with Crippen molar-refractivity contribution in [2.75, 3.05) is 33.3 Å². The molecule has 5 nitrogen and oxygen atoms in total. The van der Waals surface area contributed by atoms with E-state index >= 15 is 0 Å². The van der Waals surface area contributed by atoms with E-state index in [1.807, 2.05) is 9.80 Å². The van der Waals surface area contributed by atoms with Crippen molar-refractivity contribution >= 4 is 12.0 Å². The summed E-state index contributed by atoms with van der Waals surface area (Å²) in [6, 6.07) is 0.100. The molecular formula is C13H22N2O3. The maximum absolute atomic E-state index is 12.3. The molecule has 2 heterocycles. The second-order valence-electron chi connectivity index (χ2n) is 5.14. The number of urea groups is 1. The summed E-state index contributed by atoms with van der Waals surface area (Å²) in [6.45, 7) is 3.00. The minimum Gasteiger partial charge on any atom is -0.469 e. The van der Waals surface area contributed by atoms with Crippen LogP contribution in [0.4, 0.5) is 4.79 Å². The van der Waals surface area contributed by atoms with Crippen LogP contribution >= 0.6 is 0 Å². The summed E-state index contributed by atoms with van der Waals surface area (Å²) in [4.78, 5) is 27.6. The van der Waals surface area contributed by atoms with Crippen molar-refractivity contribution < 1.29 is 14.3 Å². The van der Waals surface area contributed by atoms with Crippen molar-refractivity contribution in [1.82, 2.24) is 9.80 Å². The zero-order valence-corrected chi connectivity index (χ0v) is 11.1. The second-order valence-corrected chi connectivity index (χ2v) is 5.14. The Bertz CT molecular complexity index is 313. The summed E-state index contributed by atoms with van der Waals surface area (Å²) < 4.78 is 4.77. The van der Waals surface area contributed by atoms with Gasteiger partial charge in [-0.3, -0.25) is 4.79 Å². The van der Waals surface area contributed by atoms with Gasteiger partial charge >= 0.3 is 12.0 Å². The van der Waals surface area contributed by atoms with Gasteiger partial charge in [0.15, 0.2) is 0 Å². The van der Waals surface area contributed by atoms with E-state index < -0.39 is 0 Å². The first kappa shape index (κ1) is 13.2. The number of hydrogen-bond acceptors (Lipinski definition) is 3. The van der Waals surface area contributed by atoms with E-state index in [1.165, 1.54) is 13.5 Å². The van der Waals surface area contributed by atoms with Crippen molar-refractivity contribution in [2.24, 2.45) is 5.92 Å². The van der Waals surface area contributed by atoms with Gasteiger partial charge < -0.3 is 14.5 Å². The van der Waals surface area contributed by atoms with E-state index in [2.05, 4.69) is 0 Å². The zero-order valence-electron chi connectivity index (χ0n) is 11.1. The average molecular weight is 254 g/mol. The molecular weight excluding hydrogens is 232 g/mol. The smallest absolute Gasteiger partial charge is 0.320 e. The Balaban J connectivity index is 1.91. The van der Waals surface area contributed by atoms with Gasteiger partial charge in [-0.2, -0.15) is 0 Å². The molecule has 2 saturated heterocycles. The topological polar surface area (TPSA) is 49.9 Å². The van der Waals surface area contributed by atoms with Crippen LogP contribution in [0.25, 0.3) is 0 Å². The fraction of sp³-hybridized carbons (Fsp3) is 0.846. The number of amides is 2. The minimum atomic E-state index is -0.189. The van der Waals surface area contributed by atoms with E-state index in [4.69, 9.17) is 4.74 Å². The molecule has 18 heavy (non-hydrogen) atoms. The van der Waals surface area contributed by atoms with E-state index in [9.17, 15) is 9.59 Å². The third-order valence-electron chi connectivity index (χ3n) is 3.85. The van der Waals surface area contributed by atoms with Crippen LogP contribution in [0.15, 0.2) is 0 Å². The number of carbonyl (C=O) groups is 2. The van der Waals surface area contributed by atoms with Crippen molar-refractivity contribution in [1.29, 1.82) is 0 Å². The normalized spacial score (nSPS) is 24.8. The van der Waals surface area contributed by atoms with E-state index in [0.717, 1.165) is 45.3 Å². The molecule has 102 valence electrons. The maximum Gasteiger partial charge on any atom is 0.320 e. The van der Waals surface area contributed by atoms with Gasteiger partial charge in [0.1, 0.15) is 0 Å². The number of likely N-dealkylation sites (tertiary alicyclic amines) is 2. The molecule has 0 aromatic heterocycles. The SMILES string of the molecule is COC(=O)[C@H]1CCCN(C(=O)N2CCCCC2)C1. The largest absolute Gasteiger partial charge is 0.469 e. The first-order valence-corrected chi connectivity index (χ1v) is 6.84. The summed E-state index contributed by atoms with van der Waals surface area (Å²) in [5.74, 6) is -0.330. The molecule has 0 radical (unpaired) electrons. The van der Waals surface area contributed by atoms with Gasteiger partial charge in [0.05, 0.1) is 13.0 Å². The highest BCUT2D eigenvalue weighted by molar-refractivity contribution is 5.77. The lowest BCUT2D eigenvalue weighted by molar-refractivity contribution is -0.146. The van der Waals surface area contributed by atoms with Gasteiger partial charge in [0.2, 0.25) is 0 Å². The Morgan fingerprint density at radius 3 is 2.33 bits per heavy atom. The van der Waals surface area contributed by atoms with Gasteiger partial charge in [-0.25, -0.2) is 4.79 Å². The van der Waals surface area contributed by atoms with Crippen LogP contribution < -0.4 is 0 Å².